The summed E-state index contributed by atoms with van der Waals surface area (Å²) < 4.78 is 43.6. The van der Waals surface area contributed by atoms with Crippen molar-refractivity contribution in [1.82, 2.24) is 9.97 Å². The summed E-state index contributed by atoms with van der Waals surface area (Å²) in [7, 11) is 0. The van der Waals surface area contributed by atoms with E-state index in [9.17, 15) is 13.2 Å². The Morgan fingerprint density at radius 3 is 2.60 bits per heavy atom. The number of rotatable bonds is 2. The van der Waals surface area contributed by atoms with Crippen molar-refractivity contribution in [3.05, 3.63) is 47.6 Å². The van der Waals surface area contributed by atoms with Gasteiger partial charge in [-0.05, 0) is 18.2 Å². The summed E-state index contributed by atoms with van der Waals surface area (Å²) >= 11 is 1.40. The molecule has 0 aliphatic heterocycles. The molecule has 0 radical (unpaired) electrons. The van der Waals surface area contributed by atoms with Crippen LogP contribution in [0.15, 0.2) is 42.0 Å². The summed E-state index contributed by atoms with van der Waals surface area (Å²) in [6.07, 6.45) is -3.65. The molecule has 0 saturated heterocycles. The van der Waals surface area contributed by atoms with Gasteiger partial charge >= 0.3 is 6.18 Å². The van der Waals surface area contributed by atoms with Crippen molar-refractivity contribution < 1.29 is 17.9 Å². The zero-order chi connectivity index (χ0) is 14.2. The molecule has 102 valence electrons. The minimum Gasteiger partial charge on any atom is -0.437 e. The number of hydrogen-bond donors (Lipinski definition) is 0. The molecule has 2 aromatic heterocycles. The number of fused-ring (bicyclic) bond motifs is 1. The van der Waals surface area contributed by atoms with E-state index in [0.29, 0.717) is 5.75 Å². The Balaban J connectivity index is 1.90. The highest BCUT2D eigenvalue weighted by molar-refractivity contribution is 7.17. The van der Waals surface area contributed by atoms with Crippen LogP contribution in [0.5, 0.6) is 11.6 Å². The van der Waals surface area contributed by atoms with Gasteiger partial charge in [0, 0.05) is 12.3 Å². The fourth-order valence-corrected chi connectivity index (χ4v) is 2.40. The van der Waals surface area contributed by atoms with Crippen LogP contribution in [0.3, 0.4) is 0 Å². The number of hydrogen-bond acceptors (Lipinski definition) is 4. The second kappa shape index (κ2) is 4.75. The van der Waals surface area contributed by atoms with Crippen molar-refractivity contribution in [3.8, 4) is 11.6 Å². The van der Waals surface area contributed by atoms with Crippen LogP contribution >= 0.6 is 11.3 Å². The molecule has 0 unspecified atom stereocenters. The third-order valence-corrected chi connectivity index (χ3v) is 3.46. The molecule has 20 heavy (non-hydrogen) atoms. The highest BCUT2D eigenvalue weighted by Gasteiger charge is 2.30. The average molecular weight is 296 g/mol. The number of aromatic nitrogens is 2. The van der Waals surface area contributed by atoms with E-state index in [-0.39, 0.29) is 5.88 Å². The first-order valence-electron chi connectivity index (χ1n) is 5.57. The van der Waals surface area contributed by atoms with Gasteiger partial charge in [-0.25, -0.2) is 9.97 Å². The van der Waals surface area contributed by atoms with Gasteiger partial charge in [0.25, 0.3) is 0 Å². The molecule has 0 spiro atoms. The molecule has 2 heterocycles. The minimum absolute atomic E-state index is 0.110. The summed E-state index contributed by atoms with van der Waals surface area (Å²) in [4.78, 5) is 7.81. The lowest BCUT2D eigenvalue weighted by atomic mass is 10.3. The molecular formula is C13H7F3N2OS. The van der Waals surface area contributed by atoms with Gasteiger partial charge in [-0.15, -0.1) is 11.3 Å². The quantitative estimate of drug-likeness (QED) is 0.698. The average Bonchev–Trinajstić information content (AvgIpc) is 2.88. The van der Waals surface area contributed by atoms with E-state index in [4.69, 9.17) is 4.74 Å². The summed E-state index contributed by atoms with van der Waals surface area (Å²) in [6.45, 7) is 0. The van der Waals surface area contributed by atoms with Crippen molar-refractivity contribution in [3.63, 3.8) is 0 Å². The first kappa shape index (κ1) is 12.9. The van der Waals surface area contributed by atoms with Crippen molar-refractivity contribution in [1.29, 1.82) is 0 Å². The first-order chi connectivity index (χ1) is 9.54. The number of benzene rings is 1. The summed E-state index contributed by atoms with van der Waals surface area (Å²) in [5.74, 6) is 0.635. The van der Waals surface area contributed by atoms with Gasteiger partial charge < -0.3 is 4.74 Å². The van der Waals surface area contributed by atoms with E-state index in [1.807, 2.05) is 6.07 Å². The van der Waals surface area contributed by atoms with E-state index in [1.54, 1.807) is 17.6 Å². The molecule has 0 aliphatic rings. The Hall–Kier alpha value is -2.15. The number of alkyl halides is 3. The van der Waals surface area contributed by atoms with Gasteiger partial charge in [0.2, 0.25) is 5.88 Å². The van der Waals surface area contributed by atoms with Gasteiger partial charge in [0.05, 0.1) is 21.3 Å². The monoisotopic (exact) mass is 296 g/mol. The largest absolute Gasteiger partial charge is 0.437 e. The second-order valence-corrected chi connectivity index (χ2v) is 4.80. The summed E-state index contributed by atoms with van der Waals surface area (Å²) in [6, 6.07) is 7.46. The van der Waals surface area contributed by atoms with E-state index >= 15 is 0 Å². The van der Waals surface area contributed by atoms with Crippen LogP contribution in [0.25, 0.3) is 10.2 Å². The molecule has 0 amide bonds. The van der Waals surface area contributed by atoms with Crippen LogP contribution in [0.1, 0.15) is 5.56 Å². The molecule has 3 aromatic rings. The molecule has 0 aliphatic carbocycles. The van der Waals surface area contributed by atoms with Crippen LogP contribution in [0.2, 0.25) is 0 Å². The van der Waals surface area contributed by atoms with Gasteiger partial charge in [0.15, 0.2) is 0 Å². The Labute approximate surface area is 115 Å². The standard InChI is InChI=1S/C13H7F3N2OS/c14-13(15,16)8-4-5-11(17-6-8)19-10-3-1-2-9-12(10)20-7-18-9/h1-7H. The fraction of sp³-hybridized carbons (Fsp3) is 0.0769. The van der Waals surface area contributed by atoms with E-state index in [0.717, 1.165) is 22.5 Å². The highest BCUT2D eigenvalue weighted by Crippen LogP contribution is 2.33. The van der Waals surface area contributed by atoms with Crippen molar-refractivity contribution in [2.45, 2.75) is 6.18 Å². The first-order valence-corrected chi connectivity index (χ1v) is 6.45. The molecule has 0 bridgehead atoms. The zero-order valence-corrected chi connectivity index (χ0v) is 10.7. The van der Waals surface area contributed by atoms with E-state index in [2.05, 4.69) is 9.97 Å². The maximum atomic E-state index is 12.4. The predicted molar refractivity (Wildman–Crippen MR) is 68.9 cm³/mol. The minimum atomic E-state index is -4.40. The molecule has 0 atom stereocenters. The Bertz CT molecular complexity index is 737. The van der Waals surface area contributed by atoms with Crippen LogP contribution in [0, 0.1) is 0 Å². The third-order valence-electron chi connectivity index (χ3n) is 2.60. The summed E-state index contributed by atoms with van der Waals surface area (Å²) in [5.41, 5.74) is 1.65. The lowest BCUT2D eigenvalue weighted by Gasteiger charge is -2.08. The molecule has 7 heteroatoms. The van der Waals surface area contributed by atoms with Crippen molar-refractivity contribution in [2.24, 2.45) is 0 Å². The van der Waals surface area contributed by atoms with Gasteiger partial charge in [-0.1, -0.05) is 6.07 Å². The molecule has 0 saturated carbocycles. The molecule has 3 rings (SSSR count). The topological polar surface area (TPSA) is 35.0 Å². The van der Waals surface area contributed by atoms with Crippen LogP contribution < -0.4 is 4.74 Å². The normalized spacial score (nSPS) is 11.8. The lowest BCUT2D eigenvalue weighted by molar-refractivity contribution is -0.137. The number of halogens is 3. The van der Waals surface area contributed by atoms with Crippen molar-refractivity contribution >= 4 is 21.6 Å². The molecule has 0 N–H and O–H groups in total. The number of pyridine rings is 1. The maximum Gasteiger partial charge on any atom is 0.417 e. The van der Waals surface area contributed by atoms with E-state index in [1.165, 1.54) is 17.4 Å². The fourth-order valence-electron chi connectivity index (χ4n) is 1.66. The van der Waals surface area contributed by atoms with Gasteiger partial charge in [-0.3, -0.25) is 0 Å². The lowest BCUT2D eigenvalue weighted by Crippen LogP contribution is -2.05. The third kappa shape index (κ3) is 2.44. The Kier molecular flexibility index (Phi) is 3.06. The summed E-state index contributed by atoms with van der Waals surface area (Å²) in [5, 5.41) is 0. The van der Waals surface area contributed by atoms with Crippen LogP contribution in [-0.4, -0.2) is 9.97 Å². The number of thiazole rings is 1. The van der Waals surface area contributed by atoms with Gasteiger partial charge in [-0.2, -0.15) is 13.2 Å². The van der Waals surface area contributed by atoms with Crippen molar-refractivity contribution in [2.75, 3.05) is 0 Å². The second-order valence-electron chi connectivity index (χ2n) is 3.94. The maximum absolute atomic E-state index is 12.4. The van der Waals surface area contributed by atoms with E-state index < -0.39 is 11.7 Å². The predicted octanol–water partition coefficient (Wildman–Crippen LogP) is 4.50. The molecule has 0 fully saturated rings. The molecule has 3 nitrogen and oxygen atoms in total. The number of nitrogens with zero attached hydrogens (tertiary/aromatic N) is 2. The van der Waals surface area contributed by atoms with Crippen LogP contribution in [0.4, 0.5) is 13.2 Å². The molecular weight excluding hydrogens is 289 g/mol. The SMILES string of the molecule is FC(F)(F)c1ccc(Oc2cccc3ncsc23)nc1. The zero-order valence-electron chi connectivity index (χ0n) is 9.89. The van der Waals surface area contributed by atoms with Gasteiger partial charge in [0.1, 0.15) is 5.75 Å². The Morgan fingerprint density at radius 1 is 1.05 bits per heavy atom. The molecule has 1 aromatic carbocycles. The number of ether oxygens (including phenoxy) is 1. The van der Waals surface area contributed by atoms with Crippen LogP contribution in [-0.2, 0) is 6.18 Å². The smallest absolute Gasteiger partial charge is 0.417 e. The highest BCUT2D eigenvalue weighted by atomic mass is 32.1. The Morgan fingerprint density at radius 2 is 1.90 bits per heavy atom.